The van der Waals surface area contributed by atoms with Gasteiger partial charge in [-0.15, -0.1) is 0 Å². The number of hydrogen-bond acceptors (Lipinski definition) is 2. The monoisotopic (exact) mass is 211 g/mol. The molecule has 1 aromatic rings. The van der Waals surface area contributed by atoms with Crippen molar-refractivity contribution < 1.29 is 18.4 Å². The first-order chi connectivity index (χ1) is 6.07. The molecular weight excluding hydrogens is 207 g/mol. The molecular formula is C7H5ClF3NO. The van der Waals surface area contributed by atoms with Gasteiger partial charge in [-0.25, -0.2) is 18.7 Å². The molecule has 0 radical (unpaired) electrons. The Morgan fingerprint density at radius 1 is 1.31 bits per heavy atom. The summed E-state index contributed by atoms with van der Waals surface area (Å²) in [6, 6.07) is 0.535. The van der Waals surface area contributed by atoms with Gasteiger partial charge in [0.15, 0.2) is 11.6 Å². The third-order valence-electron chi connectivity index (χ3n) is 1.46. The Hall–Kier alpha value is -0.780. The van der Waals surface area contributed by atoms with Crippen LogP contribution in [0.25, 0.3) is 0 Å². The van der Waals surface area contributed by atoms with E-state index >= 15 is 0 Å². The van der Waals surface area contributed by atoms with Gasteiger partial charge in [0.1, 0.15) is 5.82 Å². The summed E-state index contributed by atoms with van der Waals surface area (Å²) in [4.78, 5) is 0. The zero-order valence-electron chi connectivity index (χ0n) is 6.24. The summed E-state index contributed by atoms with van der Waals surface area (Å²) < 4.78 is 38.4. The molecule has 0 bridgehead atoms. The first-order valence-corrected chi connectivity index (χ1v) is 3.64. The Morgan fingerprint density at radius 3 is 2.46 bits per heavy atom. The van der Waals surface area contributed by atoms with Crippen molar-refractivity contribution in [2.75, 3.05) is 0 Å². The first-order valence-electron chi connectivity index (χ1n) is 3.26. The van der Waals surface area contributed by atoms with Crippen LogP contribution in [0, 0.1) is 17.5 Å². The van der Waals surface area contributed by atoms with Crippen molar-refractivity contribution in [1.82, 2.24) is 5.48 Å². The molecule has 0 spiro atoms. The van der Waals surface area contributed by atoms with Crippen LogP contribution in [-0.2, 0) is 6.54 Å². The van der Waals surface area contributed by atoms with Crippen LogP contribution in [0.2, 0.25) is 5.02 Å². The fraction of sp³-hybridized carbons (Fsp3) is 0.143. The van der Waals surface area contributed by atoms with Gasteiger partial charge in [-0.05, 0) is 6.07 Å². The van der Waals surface area contributed by atoms with Crippen LogP contribution >= 0.6 is 11.6 Å². The summed E-state index contributed by atoms with van der Waals surface area (Å²) in [5.41, 5.74) is 0.883. The normalized spacial score (nSPS) is 10.5. The molecule has 0 aliphatic carbocycles. The third kappa shape index (κ3) is 1.93. The van der Waals surface area contributed by atoms with Crippen molar-refractivity contribution in [2.45, 2.75) is 6.54 Å². The van der Waals surface area contributed by atoms with Crippen molar-refractivity contribution in [3.63, 3.8) is 0 Å². The van der Waals surface area contributed by atoms with Crippen LogP contribution in [0.3, 0.4) is 0 Å². The summed E-state index contributed by atoms with van der Waals surface area (Å²) in [6.07, 6.45) is 0. The van der Waals surface area contributed by atoms with E-state index in [1.807, 2.05) is 0 Å². The van der Waals surface area contributed by atoms with Gasteiger partial charge in [-0.1, -0.05) is 11.6 Å². The first kappa shape index (κ1) is 10.3. The second-order valence-corrected chi connectivity index (χ2v) is 2.69. The molecule has 0 heterocycles. The van der Waals surface area contributed by atoms with Crippen LogP contribution in [-0.4, -0.2) is 5.21 Å². The predicted octanol–water partition coefficient (Wildman–Crippen LogP) is 2.24. The third-order valence-corrected chi connectivity index (χ3v) is 1.73. The highest BCUT2D eigenvalue weighted by atomic mass is 35.5. The van der Waals surface area contributed by atoms with Gasteiger partial charge in [0.25, 0.3) is 0 Å². The molecule has 72 valence electrons. The molecule has 0 aromatic heterocycles. The van der Waals surface area contributed by atoms with E-state index in [1.54, 1.807) is 0 Å². The van der Waals surface area contributed by atoms with E-state index in [1.165, 1.54) is 5.48 Å². The second kappa shape index (κ2) is 3.95. The average molecular weight is 212 g/mol. The predicted molar refractivity (Wildman–Crippen MR) is 40.0 cm³/mol. The summed E-state index contributed by atoms with van der Waals surface area (Å²) in [5.74, 6) is -3.69. The molecule has 0 fully saturated rings. The van der Waals surface area contributed by atoms with Crippen LogP contribution in [0.5, 0.6) is 0 Å². The van der Waals surface area contributed by atoms with E-state index in [4.69, 9.17) is 16.8 Å². The minimum atomic E-state index is -1.36. The van der Waals surface area contributed by atoms with Crippen LogP contribution in [0.4, 0.5) is 13.2 Å². The smallest absolute Gasteiger partial charge is 0.166 e. The highest BCUT2D eigenvalue weighted by Gasteiger charge is 2.16. The van der Waals surface area contributed by atoms with Crippen LogP contribution in [0.15, 0.2) is 6.07 Å². The standard InChI is InChI=1S/C7H5ClF3NO/c8-4-1-5(9)7(11)3(2-12-13)6(4)10/h1,12-13H,2H2. The van der Waals surface area contributed by atoms with Crippen molar-refractivity contribution in [2.24, 2.45) is 0 Å². The summed E-state index contributed by atoms with van der Waals surface area (Å²) in [7, 11) is 0. The summed E-state index contributed by atoms with van der Waals surface area (Å²) in [5, 5.41) is 7.68. The lowest BCUT2D eigenvalue weighted by atomic mass is 10.2. The van der Waals surface area contributed by atoms with Crippen molar-refractivity contribution >= 4 is 11.6 Å². The van der Waals surface area contributed by atoms with Crippen molar-refractivity contribution in [3.05, 3.63) is 34.1 Å². The Morgan fingerprint density at radius 2 is 1.92 bits per heavy atom. The summed E-state index contributed by atoms with van der Waals surface area (Å²) in [6.45, 7) is -0.546. The second-order valence-electron chi connectivity index (χ2n) is 2.28. The Bertz CT molecular complexity index is 306. The van der Waals surface area contributed by atoms with Gasteiger partial charge in [-0.2, -0.15) is 0 Å². The van der Waals surface area contributed by atoms with E-state index in [9.17, 15) is 13.2 Å². The number of nitrogens with one attached hydrogen (secondary N) is 1. The average Bonchev–Trinajstić information content (AvgIpc) is 2.09. The van der Waals surface area contributed by atoms with E-state index in [0.717, 1.165) is 0 Å². The molecule has 0 saturated heterocycles. The van der Waals surface area contributed by atoms with Gasteiger partial charge in [0, 0.05) is 5.56 Å². The number of hydroxylamine groups is 1. The van der Waals surface area contributed by atoms with Gasteiger partial charge in [0.05, 0.1) is 11.6 Å². The molecule has 0 aliphatic rings. The lowest BCUT2D eigenvalue weighted by Crippen LogP contribution is -2.11. The summed E-state index contributed by atoms with van der Waals surface area (Å²) >= 11 is 5.24. The Kier molecular flexibility index (Phi) is 3.13. The number of benzene rings is 1. The fourth-order valence-corrected chi connectivity index (χ4v) is 1.07. The number of hydrogen-bond donors (Lipinski definition) is 2. The molecule has 0 unspecified atom stereocenters. The zero-order valence-corrected chi connectivity index (χ0v) is 7.00. The molecule has 0 aliphatic heterocycles. The molecule has 0 atom stereocenters. The lowest BCUT2D eigenvalue weighted by Gasteiger charge is -2.05. The molecule has 1 aromatic carbocycles. The topological polar surface area (TPSA) is 32.3 Å². The van der Waals surface area contributed by atoms with E-state index in [0.29, 0.717) is 6.07 Å². The number of halogens is 4. The highest BCUT2D eigenvalue weighted by molar-refractivity contribution is 6.30. The number of rotatable bonds is 2. The van der Waals surface area contributed by atoms with Gasteiger partial charge >= 0.3 is 0 Å². The SMILES string of the molecule is ONCc1c(F)c(F)cc(Cl)c1F. The lowest BCUT2D eigenvalue weighted by molar-refractivity contribution is 0.158. The van der Waals surface area contributed by atoms with Crippen LogP contribution in [0.1, 0.15) is 5.56 Å². The van der Waals surface area contributed by atoms with Gasteiger partial charge in [0.2, 0.25) is 0 Å². The molecule has 6 heteroatoms. The molecule has 2 nitrogen and oxygen atoms in total. The van der Waals surface area contributed by atoms with E-state index in [-0.39, 0.29) is 0 Å². The van der Waals surface area contributed by atoms with Crippen molar-refractivity contribution in [3.8, 4) is 0 Å². The fourth-order valence-electron chi connectivity index (χ4n) is 0.857. The van der Waals surface area contributed by atoms with Crippen LogP contribution < -0.4 is 5.48 Å². The molecule has 13 heavy (non-hydrogen) atoms. The minimum absolute atomic E-state index is 0.524. The zero-order chi connectivity index (χ0) is 10.0. The maximum absolute atomic E-state index is 12.9. The maximum atomic E-state index is 12.9. The maximum Gasteiger partial charge on any atom is 0.166 e. The van der Waals surface area contributed by atoms with Crippen molar-refractivity contribution in [1.29, 1.82) is 0 Å². The largest absolute Gasteiger partial charge is 0.316 e. The van der Waals surface area contributed by atoms with E-state index in [2.05, 4.69) is 0 Å². The molecule has 0 saturated carbocycles. The van der Waals surface area contributed by atoms with Gasteiger partial charge in [-0.3, -0.25) is 0 Å². The highest BCUT2D eigenvalue weighted by Crippen LogP contribution is 2.23. The molecule has 1 rings (SSSR count). The Balaban J connectivity index is 3.28. The Labute approximate surface area is 76.9 Å². The minimum Gasteiger partial charge on any atom is -0.316 e. The molecule has 0 amide bonds. The molecule has 2 N–H and O–H groups in total. The van der Waals surface area contributed by atoms with E-state index < -0.39 is 34.6 Å². The van der Waals surface area contributed by atoms with Gasteiger partial charge < -0.3 is 5.21 Å². The quantitative estimate of drug-likeness (QED) is 0.581.